The highest BCUT2D eigenvalue weighted by atomic mass is 35.5. The lowest BCUT2D eigenvalue weighted by atomic mass is 10.2. The smallest absolute Gasteiger partial charge is 0.269 e. The van der Waals surface area contributed by atoms with Crippen LogP contribution in [0.5, 0.6) is 0 Å². The zero-order valence-corrected chi connectivity index (χ0v) is 14.0. The van der Waals surface area contributed by atoms with Gasteiger partial charge in [-0.05, 0) is 18.2 Å². The number of carbonyl (C=O) groups is 1. The largest absolute Gasteiger partial charge is 0.304 e. The average molecular weight is 375 g/mol. The third kappa shape index (κ3) is 3.86. The van der Waals surface area contributed by atoms with Crippen LogP contribution >= 0.6 is 11.6 Å². The summed E-state index contributed by atoms with van der Waals surface area (Å²) in [6, 6.07) is 11.4. The van der Waals surface area contributed by atoms with Crippen LogP contribution in [0.4, 0.5) is 15.9 Å². The number of halogens is 2. The van der Waals surface area contributed by atoms with E-state index in [0.717, 1.165) is 0 Å². The Labute approximate surface area is 152 Å². The molecule has 0 radical (unpaired) electrons. The van der Waals surface area contributed by atoms with E-state index in [-0.39, 0.29) is 34.5 Å². The van der Waals surface area contributed by atoms with Crippen LogP contribution < -0.4 is 5.32 Å². The predicted octanol–water partition coefficient (Wildman–Crippen LogP) is 3.88. The van der Waals surface area contributed by atoms with Gasteiger partial charge in [0, 0.05) is 29.5 Å². The van der Waals surface area contributed by atoms with Gasteiger partial charge >= 0.3 is 0 Å². The molecule has 0 bridgehead atoms. The number of non-ortho nitro benzene ring substituents is 1. The first kappa shape index (κ1) is 17.6. The summed E-state index contributed by atoms with van der Waals surface area (Å²) in [7, 11) is 0. The number of nitro groups is 1. The Kier molecular flexibility index (Phi) is 4.94. The first-order valence-electron chi connectivity index (χ1n) is 7.46. The topological polar surface area (TPSA) is 90.1 Å². The van der Waals surface area contributed by atoms with E-state index in [0.29, 0.717) is 5.56 Å². The van der Waals surface area contributed by atoms with E-state index < -0.39 is 10.8 Å². The fraction of sp³-hybridized carbons (Fsp3) is 0.0588. The van der Waals surface area contributed by atoms with Crippen LogP contribution in [0.3, 0.4) is 0 Å². The monoisotopic (exact) mass is 374 g/mol. The summed E-state index contributed by atoms with van der Waals surface area (Å²) in [4.78, 5) is 22.3. The lowest BCUT2D eigenvalue weighted by Crippen LogP contribution is -2.13. The van der Waals surface area contributed by atoms with Crippen LogP contribution in [0.25, 0.3) is 0 Å². The highest BCUT2D eigenvalue weighted by Gasteiger charge is 2.14. The number of nitrogens with one attached hydrogen (secondary N) is 1. The summed E-state index contributed by atoms with van der Waals surface area (Å²) in [6.07, 6.45) is 1.47. The van der Waals surface area contributed by atoms with Gasteiger partial charge < -0.3 is 5.32 Å². The number of hydrogen-bond acceptors (Lipinski definition) is 4. The molecule has 7 nitrogen and oxygen atoms in total. The fourth-order valence-corrected chi connectivity index (χ4v) is 2.48. The maximum atomic E-state index is 13.7. The van der Waals surface area contributed by atoms with Crippen molar-refractivity contribution in [2.24, 2.45) is 0 Å². The van der Waals surface area contributed by atoms with Crippen molar-refractivity contribution in [1.29, 1.82) is 0 Å². The Hall–Kier alpha value is -3.26. The zero-order chi connectivity index (χ0) is 18.7. The van der Waals surface area contributed by atoms with Gasteiger partial charge in [-0.1, -0.05) is 29.8 Å². The number of rotatable bonds is 5. The molecule has 0 unspecified atom stereocenters. The molecule has 0 aliphatic heterocycles. The fourth-order valence-electron chi connectivity index (χ4n) is 2.28. The standard InChI is InChI=1S/C17H12ClFN4O3/c18-14-10-22(9-12-3-1-2-4-15(12)19)21-16(14)20-17(24)11-5-7-13(8-6-11)23(25)26/h1-8,10H,9H2,(H,20,21,24). The molecular weight excluding hydrogens is 363 g/mol. The van der Waals surface area contributed by atoms with Gasteiger partial charge in [0.25, 0.3) is 11.6 Å². The lowest BCUT2D eigenvalue weighted by molar-refractivity contribution is -0.384. The minimum absolute atomic E-state index is 0.117. The van der Waals surface area contributed by atoms with Crippen LogP contribution in [0.2, 0.25) is 5.02 Å². The Morgan fingerprint density at radius 2 is 1.92 bits per heavy atom. The number of carbonyl (C=O) groups excluding carboxylic acids is 1. The van der Waals surface area contributed by atoms with Crippen molar-refractivity contribution in [3.63, 3.8) is 0 Å². The average Bonchev–Trinajstić information content (AvgIpc) is 2.96. The highest BCUT2D eigenvalue weighted by molar-refractivity contribution is 6.33. The van der Waals surface area contributed by atoms with E-state index in [2.05, 4.69) is 10.4 Å². The molecule has 1 heterocycles. The highest BCUT2D eigenvalue weighted by Crippen LogP contribution is 2.22. The van der Waals surface area contributed by atoms with Crippen LogP contribution in [-0.2, 0) is 6.54 Å². The number of benzene rings is 2. The first-order valence-corrected chi connectivity index (χ1v) is 7.84. The number of aromatic nitrogens is 2. The molecule has 1 amide bonds. The Balaban J connectivity index is 1.74. The van der Waals surface area contributed by atoms with Crippen molar-refractivity contribution in [1.82, 2.24) is 9.78 Å². The number of anilines is 1. The minimum atomic E-state index is -0.553. The molecule has 132 valence electrons. The Morgan fingerprint density at radius 3 is 2.58 bits per heavy atom. The van der Waals surface area contributed by atoms with Crippen molar-refractivity contribution >= 4 is 29.0 Å². The molecule has 0 saturated carbocycles. The second-order valence-electron chi connectivity index (χ2n) is 5.37. The van der Waals surface area contributed by atoms with Gasteiger partial charge in [0.15, 0.2) is 5.82 Å². The molecule has 0 fully saturated rings. The molecule has 1 aromatic heterocycles. The third-order valence-electron chi connectivity index (χ3n) is 3.58. The van der Waals surface area contributed by atoms with Gasteiger partial charge in [0.2, 0.25) is 0 Å². The molecule has 0 atom stereocenters. The molecule has 26 heavy (non-hydrogen) atoms. The molecule has 2 aromatic carbocycles. The van der Waals surface area contributed by atoms with E-state index in [4.69, 9.17) is 11.6 Å². The summed E-state index contributed by atoms with van der Waals surface area (Å²) in [5.41, 5.74) is 0.531. The summed E-state index contributed by atoms with van der Waals surface area (Å²) in [5.74, 6) is -0.764. The van der Waals surface area contributed by atoms with E-state index >= 15 is 0 Å². The molecule has 0 aliphatic carbocycles. The predicted molar refractivity (Wildman–Crippen MR) is 93.8 cm³/mol. The zero-order valence-electron chi connectivity index (χ0n) is 13.2. The number of nitro benzene ring substituents is 1. The normalized spacial score (nSPS) is 10.5. The van der Waals surface area contributed by atoms with Crippen molar-refractivity contribution in [3.05, 3.63) is 86.8 Å². The third-order valence-corrected chi connectivity index (χ3v) is 3.86. The van der Waals surface area contributed by atoms with Crippen LogP contribution in [0.15, 0.2) is 54.7 Å². The second-order valence-corrected chi connectivity index (χ2v) is 5.78. The van der Waals surface area contributed by atoms with Crippen LogP contribution in [0, 0.1) is 15.9 Å². The van der Waals surface area contributed by atoms with Gasteiger partial charge in [-0.25, -0.2) is 4.39 Å². The maximum Gasteiger partial charge on any atom is 0.269 e. The quantitative estimate of drug-likeness (QED) is 0.542. The minimum Gasteiger partial charge on any atom is -0.304 e. The lowest BCUT2D eigenvalue weighted by Gasteiger charge is -2.04. The van der Waals surface area contributed by atoms with E-state index in [1.807, 2.05) is 0 Å². The van der Waals surface area contributed by atoms with E-state index in [1.165, 1.54) is 41.2 Å². The molecule has 9 heteroatoms. The van der Waals surface area contributed by atoms with Crippen molar-refractivity contribution in [3.8, 4) is 0 Å². The molecule has 1 N–H and O–H groups in total. The first-order chi connectivity index (χ1) is 12.4. The second kappa shape index (κ2) is 7.32. The Bertz CT molecular complexity index is 972. The maximum absolute atomic E-state index is 13.7. The summed E-state index contributed by atoms with van der Waals surface area (Å²) in [5, 5.41) is 17.5. The van der Waals surface area contributed by atoms with Gasteiger partial charge in [-0.2, -0.15) is 5.10 Å². The SMILES string of the molecule is O=C(Nc1nn(Cc2ccccc2F)cc1Cl)c1ccc([N+](=O)[O-])cc1. The molecular formula is C17H12ClFN4O3. The number of hydrogen-bond donors (Lipinski definition) is 1. The van der Waals surface area contributed by atoms with Gasteiger partial charge in [-0.3, -0.25) is 19.6 Å². The van der Waals surface area contributed by atoms with Gasteiger partial charge in [-0.15, -0.1) is 0 Å². The van der Waals surface area contributed by atoms with Gasteiger partial charge in [0.05, 0.1) is 11.5 Å². The van der Waals surface area contributed by atoms with E-state index in [1.54, 1.807) is 18.2 Å². The number of nitrogens with zero attached hydrogens (tertiary/aromatic N) is 3. The summed E-state index contributed by atoms with van der Waals surface area (Å²) in [6.45, 7) is 0.153. The van der Waals surface area contributed by atoms with Crippen molar-refractivity contribution in [2.45, 2.75) is 6.54 Å². The number of amides is 1. The summed E-state index contributed by atoms with van der Waals surface area (Å²) >= 11 is 6.07. The molecule has 3 rings (SSSR count). The molecule has 0 saturated heterocycles. The summed E-state index contributed by atoms with van der Waals surface area (Å²) < 4.78 is 15.1. The molecule has 0 spiro atoms. The van der Waals surface area contributed by atoms with Crippen LogP contribution in [0.1, 0.15) is 15.9 Å². The van der Waals surface area contributed by atoms with Gasteiger partial charge in [0.1, 0.15) is 10.8 Å². The Morgan fingerprint density at radius 1 is 1.23 bits per heavy atom. The van der Waals surface area contributed by atoms with Crippen molar-refractivity contribution in [2.75, 3.05) is 5.32 Å². The van der Waals surface area contributed by atoms with Crippen LogP contribution in [-0.4, -0.2) is 20.6 Å². The molecule has 0 aliphatic rings. The van der Waals surface area contributed by atoms with Crippen molar-refractivity contribution < 1.29 is 14.1 Å². The van der Waals surface area contributed by atoms with E-state index in [9.17, 15) is 19.3 Å². The molecule has 3 aromatic rings.